The van der Waals surface area contributed by atoms with Crippen molar-refractivity contribution in [3.63, 3.8) is 0 Å². The van der Waals surface area contributed by atoms with E-state index in [4.69, 9.17) is 4.74 Å². The van der Waals surface area contributed by atoms with Gasteiger partial charge < -0.3 is 20.3 Å². The molecule has 2 aliphatic rings. The molecule has 0 radical (unpaired) electrons. The van der Waals surface area contributed by atoms with Crippen molar-refractivity contribution in [2.75, 3.05) is 44.2 Å². The minimum absolute atomic E-state index is 0.191. The van der Waals surface area contributed by atoms with Crippen LogP contribution in [-0.2, 0) is 16.1 Å². The summed E-state index contributed by atoms with van der Waals surface area (Å²) < 4.78 is 20.2. The molecule has 2 aromatic rings. The molecular weight excluding hydrogens is 423 g/mol. The van der Waals surface area contributed by atoms with Gasteiger partial charge in [-0.3, -0.25) is 9.69 Å². The molecule has 0 spiro atoms. The summed E-state index contributed by atoms with van der Waals surface area (Å²) in [6, 6.07) is 12.6. The predicted octanol–water partition coefficient (Wildman–Crippen LogP) is 3.14. The van der Waals surface area contributed by atoms with Crippen molar-refractivity contribution >= 4 is 17.7 Å². The number of anilines is 1. The number of cyclic esters (lactones) is 1. The first-order chi connectivity index (χ1) is 16.0. The third-order valence-corrected chi connectivity index (χ3v) is 6.11. The fraction of sp³-hybridized carbons (Fsp3) is 0.440. The van der Waals surface area contributed by atoms with Crippen molar-refractivity contribution in [3.05, 3.63) is 53.8 Å². The first kappa shape index (κ1) is 23.2. The van der Waals surface area contributed by atoms with Gasteiger partial charge in [0, 0.05) is 32.1 Å². The Morgan fingerprint density at radius 1 is 1.15 bits per heavy atom. The van der Waals surface area contributed by atoms with E-state index >= 15 is 0 Å². The van der Waals surface area contributed by atoms with Gasteiger partial charge in [0.15, 0.2) is 0 Å². The largest absolute Gasteiger partial charge is 0.442 e. The van der Waals surface area contributed by atoms with Crippen molar-refractivity contribution < 1.29 is 18.7 Å². The van der Waals surface area contributed by atoms with Gasteiger partial charge in [0.05, 0.1) is 18.8 Å². The molecule has 0 bridgehead atoms. The zero-order valence-electron chi connectivity index (χ0n) is 19.0. The summed E-state index contributed by atoms with van der Waals surface area (Å²) in [6.07, 6.45) is 1.61. The van der Waals surface area contributed by atoms with Gasteiger partial charge in [-0.25, -0.2) is 9.18 Å². The number of ether oxygens (including phenoxy) is 1. The van der Waals surface area contributed by atoms with E-state index in [1.54, 1.807) is 12.1 Å². The Bertz CT molecular complexity index is 976. The molecule has 2 N–H and O–H groups in total. The molecule has 0 saturated carbocycles. The van der Waals surface area contributed by atoms with Crippen LogP contribution in [0.2, 0.25) is 0 Å². The molecule has 2 saturated heterocycles. The number of likely N-dealkylation sites (tertiary alicyclic amines) is 1. The smallest absolute Gasteiger partial charge is 0.414 e. The van der Waals surface area contributed by atoms with Crippen LogP contribution in [0.15, 0.2) is 42.5 Å². The monoisotopic (exact) mass is 454 g/mol. The van der Waals surface area contributed by atoms with E-state index in [1.165, 1.54) is 43.8 Å². The van der Waals surface area contributed by atoms with Gasteiger partial charge in [0.2, 0.25) is 5.91 Å². The number of halogens is 1. The normalized spacial score (nSPS) is 18.5. The van der Waals surface area contributed by atoms with Crippen LogP contribution in [-0.4, -0.2) is 62.3 Å². The number of hydrogen-bond donors (Lipinski definition) is 2. The quantitative estimate of drug-likeness (QED) is 0.570. The molecule has 2 fully saturated rings. The number of hydrogen-bond acceptors (Lipinski definition) is 5. The van der Waals surface area contributed by atoms with Crippen molar-refractivity contribution in [2.24, 2.45) is 0 Å². The molecule has 1 atom stereocenters. The minimum Gasteiger partial charge on any atom is -0.442 e. The molecule has 2 aromatic carbocycles. The van der Waals surface area contributed by atoms with E-state index in [0.717, 1.165) is 30.8 Å². The Morgan fingerprint density at radius 2 is 1.91 bits per heavy atom. The van der Waals surface area contributed by atoms with Crippen LogP contribution in [0.5, 0.6) is 0 Å². The maximum atomic E-state index is 14.9. The molecule has 2 aliphatic heterocycles. The van der Waals surface area contributed by atoms with Crippen molar-refractivity contribution in [3.8, 4) is 11.1 Å². The number of carbonyl (C=O) groups excluding carboxylic acids is 2. The van der Waals surface area contributed by atoms with Crippen LogP contribution in [0.1, 0.15) is 25.3 Å². The number of nitrogens with one attached hydrogen (secondary N) is 2. The highest BCUT2D eigenvalue weighted by Crippen LogP contribution is 2.29. The molecule has 0 unspecified atom stereocenters. The second-order valence-electron chi connectivity index (χ2n) is 8.64. The third-order valence-electron chi connectivity index (χ3n) is 6.11. The molecule has 0 aliphatic carbocycles. The maximum Gasteiger partial charge on any atom is 0.414 e. The molecule has 7 nitrogen and oxygen atoms in total. The molecule has 8 heteroatoms. The topological polar surface area (TPSA) is 73.9 Å². The van der Waals surface area contributed by atoms with E-state index in [-0.39, 0.29) is 19.0 Å². The summed E-state index contributed by atoms with van der Waals surface area (Å²) in [6.45, 7) is 7.13. The molecule has 176 valence electrons. The molecule has 33 heavy (non-hydrogen) atoms. The Kier molecular flexibility index (Phi) is 7.57. The predicted molar refractivity (Wildman–Crippen MR) is 126 cm³/mol. The van der Waals surface area contributed by atoms with Crippen LogP contribution >= 0.6 is 0 Å². The van der Waals surface area contributed by atoms with Gasteiger partial charge in [-0.05, 0) is 55.3 Å². The van der Waals surface area contributed by atoms with E-state index in [1.807, 2.05) is 24.3 Å². The van der Waals surface area contributed by atoms with E-state index in [2.05, 4.69) is 15.5 Å². The van der Waals surface area contributed by atoms with Gasteiger partial charge in [0.1, 0.15) is 11.9 Å². The average molecular weight is 455 g/mol. The van der Waals surface area contributed by atoms with Crippen LogP contribution in [0, 0.1) is 5.82 Å². The first-order valence-electron chi connectivity index (χ1n) is 11.5. The molecular formula is C25H31FN4O3. The van der Waals surface area contributed by atoms with Gasteiger partial charge in [-0.2, -0.15) is 0 Å². The second-order valence-corrected chi connectivity index (χ2v) is 8.64. The van der Waals surface area contributed by atoms with Crippen LogP contribution in [0.3, 0.4) is 0 Å². The number of benzene rings is 2. The zero-order valence-corrected chi connectivity index (χ0v) is 19.0. The van der Waals surface area contributed by atoms with Gasteiger partial charge in [0.25, 0.3) is 0 Å². The summed E-state index contributed by atoms with van der Waals surface area (Å²) in [4.78, 5) is 27.1. The maximum absolute atomic E-state index is 14.9. The van der Waals surface area contributed by atoms with Crippen LogP contribution in [0.25, 0.3) is 11.1 Å². The van der Waals surface area contributed by atoms with Gasteiger partial charge >= 0.3 is 6.09 Å². The third kappa shape index (κ3) is 6.09. The average Bonchev–Trinajstić information content (AvgIpc) is 3.45. The summed E-state index contributed by atoms with van der Waals surface area (Å²) in [7, 11) is 0. The molecule has 4 rings (SSSR count). The summed E-state index contributed by atoms with van der Waals surface area (Å²) in [5.74, 6) is -0.592. The van der Waals surface area contributed by atoms with Crippen molar-refractivity contribution in [1.82, 2.24) is 15.5 Å². The Labute approximate surface area is 193 Å². The summed E-state index contributed by atoms with van der Waals surface area (Å²) >= 11 is 0. The number of carbonyl (C=O) groups is 2. The van der Waals surface area contributed by atoms with Crippen molar-refractivity contribution in [2.45, 2.75) is 32.4 Å². The highest BCUT2D eigenvalue weighted by Gasteiger charge is 2.32. The van der Waals surface area contributed by atoms with E-state index in [9.17, 15) is 14.0 Å². The van der Waals surface area contributed by atoms with Gasteiger partial charge in [-0.1, -0.05) is 24.3 Å². The highest BCUT2D eigenvalue weighted by molar-refractivity contribution is 5.90. The van der Waals surface area contributed by atoms with Crippen LogP contribution in [0.4, 0.5) is 14.9 Å². The lowest BCUT2D eigenvalue weighted by molar-refractivity contribution is -0.119. The lowest BCUT2D eigenvalue weighted by Crippen LogP contribution is -2.33. The summed E-state index contributed by atoms with van der Waals surface area (Å²) in [5.41, 5.74) is 2.86. The lowest BCUT2D eigenvalue weighted by atomic mass is 10.0. The first-order valence-corrected chi connectivity index (χ1v) is 11.5. The fourth-order valence-corrected chi connectivity index (χ4v) is 4.28. The number of rotatable bonds is 9. The molecule has 2 heterocycles. The Hall–Kier alpha value is -2.97. The standard InChI is InChI=1S/C25H31FN4O3/c1-18(31)28-16-22-17-30(25(32)33-22)21-8-9-23(24(26)14-21)20-6-4-19(5-7-20)15-27-10-13-29-11-2-3-12-29/h4-9,14,22,27H,2-3,10-13,15-17H2,1H3,(H,28,31)/t22-/m0/s1. The van der Waals surface area contributed by atoms with Crippen molar-refractivity contribution in [1.29, 1.82) is 0 Å². The van der Waals surface area contributed by atoms with Crippen LogP contribution < -0.4 is 15.5 Å². The number of nitrogens with zero attached hydrogens (tertiary/aromatic N) is 2. The van der Waals surface area contributed by atoms with Gasteiger partial charge in [-0.15, -0.1) is 0 Å². The zero-order chi connectivity index (χ0) is 23.2. The highest BCUT2D eigenvalue weighted by atomic mass is 19.1. The Balaban J connectivity index is 1.33. The molecule has 2 amide bonds. The fourth-order valence-electron chi connectivity index (χ4n) is 4.28. The number of amides is 2. The van der Waals surface area contributed by atoms with E-state index < -0.39 is 18.0 Å². The second kappa shape index (κ2) is 10.8. The SMILES string of the molecule is CC(=O)NC[C@H]1CN(c2ccc(-c3ccc(CNCCN4CCCC4)cc3)c(F)c2)C(=O)O1. The Morgan fingerprint density at radius 3 is 2.61 bits per heavy atom. The van der Waals surface area contributed by atoms with E-state index in [0.29, 0.717) is 11.3 Å². The molecule has 0 aromatic heterocycles. The minimum atomic E-state index is -0.543. The summed E-state index contributed by atoms with van der Waals surface area (Å²) in [5, 5.41) is 6.10. The lowest BCUT2D eigenvalue weighted by Gasteiger charge is -2.15.